The zero-order chi connectivity index (χ0) is 15.2. The van der Waals surface area contributed by atoms with Crippen molar-refractivity contribution < 1.29 is 4.39 Å². The Labute approximate surface area is 127 Å². The van der Waals surface area contributed by atoms with Crippen LogP contribution in [0.1, 0.15) is 12.5 Å². The van der Waals surface area contributed by atoms with Crippen molar-refractivity contribution in [1.29, 1.82) is 0 Å². The van der Waals surface area contributed by atoms with Gasteiger partial charge >= 0.3 is 0 Å². The second-order valence-corrected chi connectivity index (χ2v) is 4.80. The largest absolute Gasteiger partial charge is 0.399 e. The van der Waals surface area contributed by atoms with Crippen molar-refractivity contribution in [1.82, 2.24) is 5.43 Å². The second kappa shape index (κ2) is 6.81. The van der Waals surface area contributed by atoms with E-state index < -0.39 is 0 Å². The van der Waals surface area contributed by atoms with Gasteiger partial charge < -0.3 is 11.1 Å². The van der Waals surface area contributed by atoms with E-state index in [1.807, 2.05) is 31.2 Å². The third kappa shape index (κ3) is 4.54. The molecule has 0 unspecified atom stereocenters. The number of hydrogen-bond donors (Lipinski definition) is 3. The zero-order valence-electron chi connectivity index (χ0n) is 11.4. The van der Waals surface area contributed by atoms with Gasteiger partial charge in [0, 0.05) is 11.4 Å². The van der Waals surface area contributed by atoms with E-state index in [9.17, 15) is 4.39 Å². The van der Waals surface area contributed by atoms with E-state index >= 15 is 0 Å². The molecule has 0 aliphatic rings. The van der Waals surface area contributed by atoms with Crippen molar-refractivity contribution in [2.45, 2.75) is 6.92 Å². The molecule has 0 bridgehead atoms. The first-order valence-electron chi connectivity index (χ1n) is 6.27. The van der Waals surface area contributed by atoms with Crippen molar-refractivity contribution in [2.24, 2.45) is 5.10 Å². The maximum Gasteiger partial charge on any atom is 0.191 e. The van der Waals surface area contributed by atoms with E-state index in [1.165, 1.54) is 12.1 Å². The summed E-state index contributed by atoms with van der Waals surface area (Å²) in [6.07, 6.45) is 0. The van der Waals surface area contributed by atoms with Crippen molar-refractivity contribution in [3.05, 3.63) is 59.9 Å². The normalized spacial score (nSPS) is 11.0. The topological polar surface area (TPSA) is 62.4 Å². The number of halogens is 1. The third-order valence-corrected chi connectivity index (χ3v) is 2.95. The van der Waals surface area contributed by atoms with Crippen LogP contribution < -0.4 is 16.5 Å². The average molecular weight is 302 g/mol. The fraction of sp³-hybridized carbons (Fsp3) is 0.0667. The van der Waals surface area contributed by atoms with Crippen molar-refractivity contribution in [3.8, 4) is 0 Å². The van der Waals surface area contributed by atoms with Crippen LogP contribution in [0.3, 0.4) is 0 Å². The lowest BCUT2D eigenvalue weighted by molar-refractivity contribution is 0.628. The monoisotopic (exact) mass is 302 g/mol. The van der Waals surface area contributed by atoms with E-state index in [4.69, 9.17) is 18.0 Å². The molecule has 2 aromatic carbocycles. The Hall–Kier alpha value is -2.47. The van der Waals surface area contributed by atoms with E-state index in [1.54, 1.807) is 12.1 Å². The predicted octanol–water partition coefficient (Wildman–Crippen LogP) is 3.12. The van der Waals surface area contributed by atoms with Gasteiger partial charge in [-0.15, -0.1) is 0 Å². The van der Waals surface area contributed by atoms with Crippen LogP contribution in [0.2, 0.25) is 0 Å². The van der Waals surface area contributed by atoms with Gasteiger partial charge in [-0.25, -0.2) is 4.39 Å². The molecule has 21 heavy (non-hydrogen) atoms. The molecule has 0 saturated heterocycles. The molecule has 0 amide bonds. The summed E-state index contributed by atoms with van der Waals surface area (Å²) in [4.78, 5) is 0. The summed E-state index contributed by atoms with van der Waals surface area (Å²) >= 11 is 5.11. The maximum atomic E-state index is 12.8. The summed E-state index contributed by atoms with van der Waals surface area (Å²) in [5.41, 5.74) is 11.5. The molecule has 0 heterocycles. The van der Waals surface area contributed by atoms with Crippen LogP contribution in [0.4, 0.5) is 15.8 Å². The molecule has 0 aliphatic carbocycles. The van der Waals surface area contributed by atoms with Gasteiger partial charge in [-0.2, -0.15) is 5.10 Å². The van der Waals surface area contributed by atoms with Crippen LogP contribution >= 0.6 is 12.2 Å². The first-order valence-corrected chi connectivity index (χ1v) is 6.68. The number of nitrogen functional groups attached to an aromatic ring is 1. The smallest absolute Gasteiger partial charge is 0.191 e. The lowest BCUT2D eigenvalue weighted by atomic mass is 10.1. The van der Waals surface area contributed by atoms with Crippen LogP contribution in [-0.2, 0) is 0 Å². The van der Waals surface area contributed by atoms with Gasteiger partial charge in [-0.3, -0.25) is 5.43 Å². The maximum absolute atomic E-state index is 12.8. The van der Waals surface area contributed by atoms with Crippen molar-refractivity contribution in [3.63, 3.8) is 0 Å². The number of nitrogens with zero attached hydrogens (tertiary/aromatic N) is 1. The number of thiocarbonyl (C=S) groups is 1. The quantitative estimate of drug-likeness (QED) is 0.353. The van der Waals surface area contributed by atoms with E-state index in [-0.39, 0.29) is 5.82 Å². The molecule has 0 fully saturated rings. The SMILES string of the molecule is C/C(=N/NC(=S)Nc1ccc(F)cc1)c1ccc(N)cc1. The molecule has 0 radical (unpaired) electrons. The number of nitrogens with one attached hydrogen (secondary N) is 2. The molecule has 2 aromatic rings. The minimum absolute atomic E-state index is 0.295. The van der Waals surface area contributed by atoms with Gasteiger partial charge in [0.2, 0.25) is 0 Å². The fourth-order valence-electron chi connectivity index (χ4n) is 1.62. The van der Waals surface area contributed by atoms with Gasteiger partial charge in [0.1, 0.15) is 5.82 Å². The Kier molecular flexibility index (Phi) is 4.84. The van der Waals surface area contributed by atoms with Crippen LogP contribution in [0.5, 0.6) is 0 Å². The zero-order valence-corrected chi connectivity index (χ0v) is 12.2. The molecule has 6 heteroatoms. The first-order chi connectivity index (χ1) is 10.0. The van der Waals surface area contributed by atoms with Crippen LogP contribution in [0, 0.1) is 5.82 Å². The molecule has 4 nitrogen and oxygen atoms in total. The molecular weight excluding hydrogens is 287 g/mol. The highest BCUT2D eigenvalue weighted by atomic mass is 32.1. The van der Waals surface area contributed by atoms with Gasteiger partial charge in [0.15, 0.2) is 5.11 Å². The Balaban J connectivity index is 1.94. The molecule has 2 rings (SSSR count). The lowest BCUT2D eigenvalue weighted by Crippen LogP contribution is -2.24. The summed E-state index contributed by atoms with van der Waals surface area (Å²) in [6, 6.07) is 13.3. The molecule has 0 saturated carbocycles. The number of hydrazone groups is 1. The summed E-state index contributed by atoms with van der Waals surface area (Å²) in [5.74, 6) is -0.295. The summed E-state index contributed by atoms with van der Waals surface area (Å²) in [7, 11) is 0. The summed E-state index contributed by atoms with van der Waals surface area (Å²) in [5, 5.41) is 7.43. The molecule has 0 aliphatic heterocycles. The predicted molar refractivity (Wildman–Crippen MR) is 88.8 cm³/mol. The molecule has 0 aromatic heterocycles. The van der Waals surface area contributed by atoms with E-state index in [0.717, 1.165) is 11.3 Å². The number of rotatable bonds is 3. The van der Waals surface area contributed by atoms with Gasteiger partial charge in [0.25, 0.3) is 0 Å². The first kappa shape index (κ1) is 14.9. The van der Waals surface area contributed by atoms with Crippen LogP contribution in [0.25, 0.3) is 0 Å². The van der Waals surface area contributed by atoms with Crippen LogP contribution in [0.15, 0.2) is 53.6 Å². The van der Waals surface area contributed by atoms with Gasteiger partial charge in [-0.05, 0) is 61.1 Å². The molecule has 0 atom stereocenters. The second-order valence-electron chi connectivity index (χ2n) is 4.39. The number of nitrogens with two attached hydrogens (primary N) is 1. The minimum atomic E-state index is -0.295. The highest BCUT2D eigenvalue weighted by Gasteiger charge is 1.99. The number of anilines is 2. The minimum Gasteiger partial charge on any atom is -0.399 e. The highest BCUT2D eigenvalue weighted by molar-refractivity contribution is 7.80. The van der Waals surface area contributed by atoms with E-state index in [2.05, 4.69) is 15.8 Å². The van der Waals surface area contributed by atoms with Crippen molar-refractivity contribution >= 4 is 34.4 Å². The van der Waals surface area contributed by atoms with Gasteiger partial charge in [-0.1, -0.05) is 12.1 Å². The Morgan fingerprint density at radius 3 is 2.33 bits per heavy atom. The van der Waals surface area contributed by atoms with Crippen LogP contribution in [-0.4, -0.2) is 10.8 Å². The fourth-order valence-corrected chi connectivity index (χ4v) is 1.78. The number of benzene rings is 2. The lowest BCUT2D eigenvalue weighted by Gasteiger charge is -2.08. The summed E-state index contributed by atoms with van der Waals surface area (Å²) in [6.45, 7) is 1.86. The standard InChI is InChI=1S/C15H15FN4S/c1-10(11-2-6-13(17)7-3-11)19-20-15(21)18-14-8-4-12(16)5-9-14/h2-9H,17H2,1H3,(H2,18,20,21)/b19-10-. The van der Waals surface area contributed by atoms with E-state index in [0.29, 0.717) is 16.5 Å². The Morgan fingerprint density at radius 2 is 1.71 bits per heavy atom. The summed E-state index contributed by atoms with van der Waals surface area (Å²) < 4.78 is 12.8. The highest BCUT2D eigenvalue weighted by Crippen LogP contribution is 2.08. The third-order valence-electron chi connectivity index (χ3n) is 2.76. The van der Waals surface area contributed by atoms with Crippen molar-refractivity contribution in [2.75, 3.05) is 11.1 Å². The van der Waals surface area contributed by atoms with Gasteiger partial charge in [0.05, 0.1) is 5.71 Å². The molecule has 0 spiro atoms. The number of hydrogen-bond acceptors (Lipinski definition) is 3. The molecule has 108 valence electrons. The molecular formula is C15H15FN4S. The molecule has 4 N–H and O–H groups in total. The Bertz CT molecular complexity index is 650. The average Bonchev–Trinajstić information content (AvgIpc) is 2.48. The Morgan fingerprint density at radius 1 is 1.10 bits per heavy atom.